The fourth-order valence-electron chi connectivity index (χ4n) is 9.63. The Morgan fingerprint density at radius 3 is 2.49 bits per heavy atom. The van der Waals surface area contributed by atoms with Crippen LogP contribution in [0.3, 0.4) is 0 Å². The number of amides is 1. The molecule has 1 amide bonds. The lowest BCUT2D eigenvalue weighted by molar-refractivity contribution is 0.0721. The van der Waals surface area contributed by atoms with Gasteiger partial charge in [0.25, 0.3) is 5.91 Å². The van der Waals surface area contributed by atoms with Crippen LogP contribution in [0, 0.1) is 25.6 Å². The molecule has 11 rings (SSSR count). The van der Waals surface area contributed by atoms with Crippen LogP contribution in [0.4, 0.5) is 4.39 Å². The van der Waals surface area contributed by atoms with E-state index in [2.05, 4.69) is 46.2 Å². The quantitative estimate of drug-likeness (QED) is 0.192. The van der Waals surface area contributed by atoms with E-state index < -0.39 is 11.3 Å². The van der Waals surface area contributed by atoms with E-state index in [0.29, 0.717) is 71.3 Å². The zero-order valence-corrected chi connectivity index (χ0v) is 35.3. The summed E-state index contributed by atoms with van der Waals surface area (Å²) in [5.41, 5.74) is 7.66. The smallest absolute Gasteiger partial charge is 0.332 e. The van der Waals surface area contributed by atoms with E-state index in [1.807, 2.05) is 60.3 Å². The van der Waals surface area contributed by atoms with Crippen molar-refractivity contribution in [2.24, 2.45) is 18.0 Å². The van der Waals surface area contributed by atoms with E-state index in [-0.39, 0.29) is 29.9 Å². The Hall–Kier alpha value is -7.62. The second kappa shape index (κ2) is 14.0. The van der Waals surface area contributed by atoms with E-state index in [1.54, 1.807) is 68.0 Å². The minimum atomic E-state index is -0.838. The van der Waals surface area contributed by atoms with Gasteiger partial charge in [0, 0.05) is 60.5 Å². The summed E-state index contributed by atoms with van der Waals surface area (Å²) in [6, 6.07) is 17.2. The Morgan fingerprint density at radius 2 is 1.73 bits per heavy atom. The van der Waals surface area contributed by atoms with Gasteiger partial charge in [0.05, 0.1) is 41.9 Å². The Morgan fingerprint density at radius 1 is 0.952 bits per heavy atom. The molecule has 0 unspecified atom stereocenters. The molecule has 0 saturated heterocycles. The van der Waals surface area contributed by atoms with E-state index >= 15 is 9.18 Å². The highest BCUT2D eigenvalue weighted by molar-refractivity contribution is 6.01. The second-order valence-electron chi connectivity index (χ2n) is 17.1. The minimum Gasteiger partial charge on any atom is -0.332 e. The van der Waals surface area contributed by atoms with Crippen molar-refractivity contribution in [2.45, 2.75) is 52.6 Å². The van der Waals surface area contributed by atoms with Gasteiger partial charge in [-0.1, -0.05) is 29.8 Å². The third kappa shape index (κ3) is 5.95. The number of carbonyl (C=O) groups is 1. The fourth-order valence-corrected chi connectivity index (χ4v) is 9.63. The molecule has 1 saturated carbocycles. The van der Waals surface area contributed by atoms with Gasteiger partial charge in [-0.05, 0) is 110 Å². The van der Waals surface area contributed by atoms with Crippen LogP contribution in [0.5, 0.6) is 0 Å². The molecule has 316 valence electrons. The highest BCUT2D eigenvalue weighted by Gasteiger charge is 2.59. The van der Waals surface area contributed by atoms with E-state index in [9.17, 15) is 9.59 Å². The maximum absolute atomic E-state index is 15.3. The number of aromatic amines is 1. The molecule has 3 aromatic carbocycles. The summed E-state index contributed by atoms with van der Waals surface area (Å²) in [6.07, 6.45) is 12.1. The lowest BCUT2D eigenvalue weighted by atomic mass is 10.0. The fraction of sp³-hybridized carbons (Fsp3) is 0.255. The number of aromatic nitrogens is 9. The Kier molecular flexibility index (Phi) is 8.49. The van der Waals surface area contributed by atoms with Crippen molar-refractivity contribution < 1.29 is 13.7 Å². The maximum Gasteiger partial charge on any atom is 0.438 e. The number of hydrogen-bond acceptors (Lipinski definition) is 8. The number of nitrogens with zero attached hydrogens (tertiary/aromatic N) is 10. The molecule has 0 bridgehead atoms. The lowest BCUT2D eigenvalue weighted by Gasteiger charge is -2.29. The summed E-state index contributed by atoms with van der Waals surface area (Å²) in [7, 11) is 1.87. The standard InChI is InChI=1S/C47H42FN11O4/c1-26-16-31(10-12-49-23-26)30-6-8-39-32(19-30)21-40(58(39)47(22-29(47)4)44-51-45(61)63-53-44)43(60)55-13-11-37-36(25-55)42(59(52-37)35-17-27(2)41(48)28(3)18-35)57-15-14-56(46(57)62)34-7-9-38-33(20-34)24-50-54(38)5/h6-10,12,14-21,24,29H,11,13,22-23,25H2,1-5H3,(H,51,53,61)/t29-,47-/m0/s1. The summed E-state index contributed by atoms with van der Waals surface area (Å²) < 4.78 is 28.7. The van der Waals surface area contributed by atoms with Gasteiger partial charge >= 0.3 is 11.4 Å². The summed E-state index contributed by atoms with van der Waals surface area (Å²) in [5, 5.41) is 15.3. The molecular formula is C47H42FN11O4. The first-order valence-corrected chi connectivity index (χ1v) is 20.9. The molecule has 2 aliphatic heterocycles. The van der Waals surface area contributed by atoms with Crippen LogP contribution in [-0.4, -0.2) is 73.5 Å². The highest BCUT2D eigenvalue weighted by atomic mass is 19.1. The van der Waals surface area contributed by atoms with Gasteiger partial charge in [0.1, 0.15) is 22.9 Å². The van der Waals surface area contributed by atoms with Gasteiger partial charge in [-0.3, -0.25) is 33.1 Å². The van der Waals surface area contributed by atoms with Crippen molar-refractivity contribution >= 4 is 39.5 Å². The van der Waals surface area contributed by atoms with Gasteiger partial charge in [-0.15, -0.1) is 0 Å². The van der Waals surface area contributed by atoms with Crippen LogP contribution >= 0.6 is 0 Å². The monoisotopic (exact) mass is 843 g/mol. The Bertz CT molecular complexity index is 3430. The molecule has 0 radical (unpaired) electrons. The molecule has 1 N–H and O–H groups in total. The minimum absolute atomic E-state index is 0.0154. The number of aliphatic imine (C=N–C) groups is 1. The van der Waals surface area contributed by atoms with Crippen molar-refractivity contribution in [3.8, 4) is 17.2 Å². The van der Waals surface area contributed by atoms with Crippen molar-refractivity contribution in [1.29, 1.82) is 0 Å². The van der Waals surface area contributed by atoms with Crippen molar-refractivity contribution in [1.82, 2.24) is 48.3 Å². The molecule has 3 aliphatic rings. The molecule has 15 nitrogen and oxygen atoms in total. The normalized spacial score (nSPS) is 18.5. The van der Waals surface area contributed by atoms with Crippen LogP contribution in [0.25, 0.3) is 44.6 Å². The van der Waals surface area contributed by atoms with Crippen LogP contribution in [-0.2, 0) is 25.6 Å². The largest absolute Gasteiger partial charge is 0.438 e. The number of nitrogens with one attached hydrogen (secondary N) is 1. The molecule has 2 atom stereocenters. The molecule has 1 fully saturated rings. The number of imidazole rings is 1. The van der Waals surface area contributed by atoms with Crippen molar-refractivity contribution in [2.75, 3.05) is 13.1 Å². The predicted octanol–water partition coefficient (Wildman–Crippen LogP) is 6.48. The number of rotatable bonds is 7. The number of benzene rings is 3. The number of halogens is 1. The maximum atomic E-state index is 15.3. The van der Waals surface area contributed by atoms with E-state index in [0.717, 1.165) is 44.2 Å². The Balaban J connectivity index is 1.05. The number of aryl methyl sites for hydroxylation is 3. The average Bonchev–Trinajstić information content (AvgIpc) is 3.83. The first kappa shape index (κ1) is 38.3. The van der Waals surface area contributed by atoms with Crippen LogP contribution in [0.1, 0.15) is 64.5 Å². The third-order valence-electron chi connectivity index (χ3n) is 13.0. The summed E-state index contributed by atoms with van der Waals surface area (Å²) in [4.78, 5) is 51.3. The van der Waals surface area contributed by atoms with E-state index in [1.165, 1.54) is 0 Å². The molecule has 0 spiro atoms. The highest BCUT2D eigenvalue weighted by Crippen LogP contribution is 2.56. The first-order valence-electron chi connectivity index (χ1n) is 20.9. The zero-order valence-electron chi connectivity index (χ0n) is 35.3. The van der Waals surface area contributed by atoms with Crippen molar-refractivity contribution in [3.05, 3.63) is 157 Å². The average molecular weight is 844 g/mol. The van der Waals surface area contributed by atoms with Crippen LogP contribution < -0.4 is 11.4 Å². The molecular weight excluding hydrogens is 802 g/mol. The van der Waals surface area contributed by atoms with Gasteiger partial charge in [0.2, 0.25) is 0 Å². The molecule has 1 aliphatic carbocycles. The molecule has 7 heterocycles. The third-order valence-corrected chi connectivity index (χ3v) is 13.0. The van der Waals surface area contributed by atoms with Gasteiger partial charge in [-0.2, -0.15) is 10.2 Å². The lowest BCUT2D eigenvalue weighted by Crippen LogP contribution is -2.39. The SMILES string of the molecule is CC1=CC(c2ccc3c(c2)cc(C(=O)N2CCc4nn(-c5cc(C)c(F)c(C)c5)c(-n5ccn(-c6ccc7c(cnn7C)c6)c5=O)c4C2)n3[C@@]2(c3noc(=O)[nH]3)C[C@@H]2C)=CC=NC1. The van der Waals surface area contributed by atoms with Crippen molar-refractivity contribution in [3.63, 3.8) is 0 Å². The van der Waals surface area contributed by atoms with Gasteiger partial charge < -0.3 is 9.47 Å². The summed E-state index contributed by atoms with van der Waals surface area (Å²) in [6.45, 7) is 8.63. The topological polar surface area (TPSA) is 159 Å². The number of hydrogen-bond donors (Lipinski definition) is 1. The number of allylic oxidation sites excluding steroid dienone is 3. The van der Waals surface area contributed by atoms with Gasteiger partial charge in [0.15, 0.2) is 5.82 Å². The molecule has 8 aromatic rings. The van der Waals surface area contributed by atoms with E-state index in [4.69, 9.17) is 9.62 Å². The number of H-pyrrole nitrogens is 1. The second-order valence-corrected chi connectivity index (χ2v) is 17.1. The summed E-state index contributed by atoms with van der Waals surface area (Å²) in [5.74, 6) is -0.379. The predicted molar refractivity (Wildman–Crippen MR) is 236 cm³/mol. The number of fused-ring (bicyclic) bond motifs is 3. The number of carbonyl (C=O) groups excluding carboxylic acids is 1. The summed E-state index contributed by atoms with van der Waals surface area (Å²) >= 11 is 0. The first-order chi connectivity index (χ1) is 30.4. The van der Waals surface area contributed by atoms with Gasteiger partial charge in [-0.25, -0.2) is 18.7 Å². The Labute approximate surface area is 358 Å². The van der Waals surface area contributed by atoms with Crippen LogP contribution in [0.15, 0.2) is 110 Å². The van der Waals surface area contributed by atoms with Crippen LogP contribution in [0.2, 0.25) is 0 Å². The molecule has 63 heavy (non-hydrogen) atoms. The molecule has 5 aromatic heterocycles. The zero-order chi connectivity index (χ0) is 43.5. The molecule has 16 heteroatoms.